The van der Waals surface area contributed by atoms with Gasteiger partial charge in [0.05, 0.1) is 24.4 Å². The molecule has 2 aromatic carbocycles. The molecule has 0 bridgehead atoms. The normalized spacial score (nSPS) is 11.0. The maximum Gasteiger partial charge on any atom is 0.220 e. The van der Waals surface area contributed by atoms with Crippen LogP contribution in [0.5, 0.6) is 5.75 Å². The van der Waals surface area contributed by atoms with Gasteiger partial charge in [0, 0.05) is 17.2 Å². The Kier molecular flexibility index (Phi) is 11.9. The van der Waals surface area contributed by atoms with E-state index < -0.39 is 0 Å². The van der Waals surface area contributed by atoms with E-state index in [2.05, 4.69) is 22.4 Å². The van der Waals surface area contributed by atoms with Crippen molar-refractivity contribution < 1.29 is 9.53 Å². The van der Waals surface area contributed by atoms with Crippen LogP contribution < -0.4 is 10.1 Å². The van der Waals surface area contributed by atoms with Crippen LogP contribution in [0.2, 0.25) is 10.0 Å². The van der Waals surface area contributed by atoms with Crippen molar-refractivity contribution >= 4 is 40.9 Å². The quantitative estimate of drug-likeness (QED) is 0.156. The highest BCUT2D eigenvalue weighted by Crippen LogP contribution is 2.31. The third-order valence-corrected chi connectivity index (χ3v) is 7.34. The van der Waals surface area contributed by atoms with Crippen molar-refractivity contribution in [3.05, 3.63) is 63.9 Å². The first-order chi connectivity index (χ1) is 17.5. The molecule has 194 valence electrons. The molecule has 1 heterocycles. The lowest BCUT2D eigenvalue weighted by molar-refractivity contribution is -0.121. The largest absolute Gasteiger partial charge is 0.497 e. The number of nitrogens with one attached hydrogen (secondary N) is 1. The molecular formula is C27H34Cl2N4O2S. The topological polar surface area (TPSA) is 69.0 Å². The standard InChI is InChI=1S/C27H34Cl2N4O2S/c1-3-4-5-6-7-8-9-13-26(34)30-18-25-31-32-27(33(25)24-15-14-21(28)17-23(24)29)36-19-20-11-10-12-22(16-20)35-2/h10-12,14-17H,3-9,13,18-19H2,1-2H3,(H,30,34). The number of thioether (sulfide) groups is 1. The van der Waals surface area contributed by atoms with Crippen molar-refractivity contribution in [3.8, 4) is 11.4 Å². The molecule has 0 aliphatic heterocycles. The molecule has 1 amide bonds. The third-order valence-electron chi connectivity index (χ3n) is 5.80. The average molecular weight is 550 g/mol. The Balaban J connectivity index is 1.66. The third kappa shape index (κ3) is 8.71. The van der Waals surface area contributed by atoms with Gasteiger partial charge in [-0.25, -0.2) is 0 Å². The lowest BCUT2D eigenvalue weighted by Gasteiger charge is -2.13. The molecule has 0 fully saturated rings. The number of amides is 1. The fraction of sp³-hybridized carbons (Fsp3) is 0.444. The first-order valence-electron chi connectivity index (χ1n) is 12.4. The van der Waals surface area contributed by atoms with Gasteiger partial charge in [-0.1, -0.05) is 92.5 Å². The number of hydrogen-bond donors (Lipinski definition) is 1. The van der Waals surface area contributed by atoms with Gasteiger partial charge in [-0.3, -0.25) is 9.36 Å². The predicted octanol–water partition coefficient (Wildman–Crippen LogP) is 7.63. The van der Waals surface area contributed by atoms with E-state index in [-0.39, 0.29) is 12.5 Å². The molecule has 9 heteroatoms. The van der Waals surface area contributed by atoms with Crippen LogP contribution >= 0.6 is 35.0 Å². The van der Waals surface area contributed by atoms with Gasteiger partial charge in [0.25, 0.3) is 0 Å². The van der Waals surface area contributed by atoms with E-state index in [1.807, 2.05) is 34.9 Å². The van der Waals surface area contributed by atoms with Crippen LogP contribution in [-0.4, -0.2) is 27.8 Å². The van der Waals surface area contributed by atoms with E-state index in [4.69, 9.17) is 27.9 Å². The zero-order chi connectivity index (χ0) is 25.8. The summed E-state index contributed by atoms with van der Waals surface area (Å²) in [4.78, 5) is 12.5. The summed E-state index contributed by atoms with van der Waals surface area (Å²) in [5.74, 6) is 2.11. The molecule has 3 rings (SSSR count). The number of methoxy groups -OCH3 is 1. The second-order valence-corrected chi connectivity index (χ2v) is 10.4. The lowest BCUT2D eigenvalue weighted by Crippen LogP contribution is -2.24. The monoisotopic (exact) mass is 548 g/mol. The van der Waals surface area contributed by atoms with Gasteiger partial charge in [0.2, 0.25) is 5.91 Å². The summed E-state index contributed by atoms with van der Waals surface area (Å²) in [7, 11) is 1.65. The number of halogens is 2. The SMILES string of the molecule is CCCCCCCCCC(=O)NCc1nnc(SCc2cccc(OC)c2)n1-c1ccc(Cl)cc1Cl. The lowest BCUT2D eigenvalue weighted by atomic mass is 10.1. The minimum atomic E-state index is 0.0193. The van der Waals surface area contributed by atoms with Crippen molar-refractivity contribution in [3.63, 3.8) is 0 Å². The first kappa shape index (κ1) is 28.4. The first-order valence-corrected chi connectivity index (χ1v) is 14.2. The number of hydrogen-bond acceptors (Lipinski definition) is 5. The number of ether oxygens (including phenoxy) is 1. The zero-order valence-electron chi connectivity index (χ0n) is 20.9. The number of carbonyl (C=O) groups is 1. The van der Waals surface area contributed by atoms with Crippen molar-refractivity contribution in [2.24, 2.45) is 0 Å². The average Bonchev–Trinajstić information content (AvgIpc) is 3.28. The number of nitrogens with zero attached hydrogens (tertiary/aromatic N) is 3. The highest BCUT2D eigenvalue weighted by atomic mass is 35.5. The molecule has 6 nitrogen and oxygen atoms in total. The number of unbranched alkanes of at least 4 members (excludes halogenated alkanes) is 6. The summed E-state index contributed by atoms with van der Waals surface area (Å²) < 4.78 is 7.22. The Morgan fingerprint density at radius 2 is 1.81 bits per heavy atom. The summed E-state index contributed by atoms with van der Waals surface area (Å²) in [5.41, 5.74) is 1.82. The molecule has 0 aliphatic carbocycles. The number of aromatic nitrogens is 3. The number of rotatable bonds is 15. The summed E-state index contributed by atoms with van der Waals surface area (Å²) in [6, 6.07) is 13.2. The van der Waals surface area contributed by atoms with Gasteiger partial charge in [-0.15, -0.1) is 10.2 Å². The second-order valence-electron chi connectivity index (χ2n) is 8.62. The molecule has 0 unspecified atom stereocenters. The van der Waals surface area contributed by atoms with Gasteiger partial charge >= 0.3 is 0 Å². The summed E-state index contributed by atoms with van der Waals surface area (Å²) >= 11 is 14.2. The van der Waals surface area contributed by atoms with Crippen LogP contribution in [-0.2, 0) is 17.1 Å². The number of carbonyl (C=O) groups excluding carboxylic acids is 1. The molecular weight excluding hydrogens is 515 g/mol. The molecule has 0 saturated heterocycles. The van der Waals surface area contributed by atoms with Gasteiger partial charge in [-0.2, -0.15) is 0 Å². The number of benzene rings is 2. The fourth-order valence-corrected chi connectivity index (χ4v) is 5.23. The maximum atomic E-state index is 12.5. The van der Waals surface area contributed by atoms with Crippen LogP contribution in [0.3, 0.4) is 0 Å². The van der Waals surface area contributed by atoms with Gasteiger partial charge in [0.15, 0.2) is 11.0 Å². The second kappa shape index (κ2) is 15.1. The summed E-state index contributed by atoms with van der Waals surface area (Å²) in [6.45, 7) is 2.48. The van der Waals surface area contributed by atoms with Crippen LogP contribution in [0.1, 0.15) is 69.7 Å². The molecule has 1 N–H and O–H groups in total. The van der Waals surface area contributed by atoms with E-state index in [1.54, 1.807) is 19.2 Å². The molecule has 0 atom stereocenters. The molecule has 0 aliphatic rings. The van der Waals surface area contributed by atoms with Crippen LogP contribution in [0.25, 0.3) is 5.69 Å². The van der Waals surface area contributed by atoms with Gasteiger partial charge in [0.1, 0.15) is 5.75 Å². The van der Waals surface area contributed by atoms with E-state index >= 15 is 0 Å². The highest BCUT2D eigenvalue weighted by molar-refractivity contribution is 7.98. The van der Waals surface area contributed by atoms with Crippen LogP contribution in [0.4, 0.5) is 0 Å². The van der Waals surface area contributed by atoms with Gasteiger partial charge < -0.3 is 10.1 Å². The Morgan fingerprint density at radius 3 is 2.56 bits per heavy atom. The predicted molar refractivity (Wildman–Crippen MR) is 148 cm³/mol. The smallest absolute Gasteiger partial charge is 0.220 e. The summed E-state index contributed by atoms with van der Waals surface area (Å²) in [6.07, 6.45) is 8.74. The Labute approximate surface area is 228 Å². The van der Waals surface area contributed by atoms with Crippen molar-refractivity contribution in [1.82, 2.24) is 20.1 Å². The molecule has 1 aromatic heterocycles. The van der Waals surface area contributed by atoms with Crippen molar-refractivity contribution in [2.45, 2.75) is 75.7 Å². The van der Waals surface area contributed by atoms with E-state index in [1.165, 1.54) is 43.9 Å². The molecule has 0 radical (unpaired) electrons. The van der Waals surface area contributed by atoms with E-state index in [0.29, 0.717) is 33.2 Å². The highest BCUT2D eigenvalue weighted by Gasteiger charge is 2.18. The Hall–Kier alpha value is -2.22. The molecule has 0 saturated carbocycles. The zero-order valence-corrected chi connectivity index (χ0v) is 23.3. The van der Waals surface area contributed by atoms with Crippen molar-refractivity contribution in [1.29, 1.82) is 0 Å². The molecule has 3 aromatic rings. The fourth-order valence-electron chi connectivity index (χ4n) is 3.83. The molecule has 0 spiro atoms. The summed E-state index contributed by atoms with van der Waals surface area (Å²) in [5, 5.41) is 13.5. The van der Waals surface area contributed by atoms with Crippen LogP contribution in [0, 0.1) is 0 Å². The van der Waals surface area contributed by atoms with Gasteiger partial charge in [-0.05, 0) is 42.3 Å². The van der Waals surface area contributed by atoms with E-state index in [0.717, 1.165) is 29.8 Å². The molecule has 36 heavy (non-hydrogen) atoms. The minimum Gasteiger partial charge on any atom is -0.497 e. The van der Waals surface area contributed by atoms with Crippen LogP contribution in [0.15, 0.2) is 47.6 Å². The maximum absolute atomic E-state index is 12.5. The van der Waals surface area contributed by atoms with Crippen molar-refractivity contribution in [2.75, 3.05) is 7.11 Å². The van der Waals surface area contributed by atoms with E-state index in [9.17, 15) is 4.79 Å². The Bertz CT molecular complexity index is 1120. The minimum absolute atomic E-state index is 0.0193. The Morgan fingerprint density at radius 1 is 1.03 bits per heavy atom.